The first-order valence-corrected chi connectivity index (χ1v) is 9.29. The summed E-state index contributed by atoms with van der Waals surface area (Å²) in [7, 11) is 0. The molecular weight excluding hydrogens is 326 g/mol. The van der Waals surface area contributed by atoms with Crippen molar-refractivity contribution in [2.24, 2.45) is 0 Å². The Morgan fingerprint density at radius 1 is 1.26 bits per heavy atom. The summed E-state index contributed by atoms with van der Waals surface area (Å²) >= 11 is 8.10. The average molecular weight is 346 g/mol. The van der Waals surface area contributed by atoms with E-state index in [0.717, 1.165) is 29.3 Å². The van der Waals surface area contributed by atoms with Crippen LogP contribution in [-0.2, 0) is 11.2 Å². The molecule has 3 rings (SSSR count). The number of hydrogen-bond donors (Lipinski definition) is 0. The van der Waals surface area contributed by atoms with Gasteiger partial charge in [-0.05, 0) is 25.0 Å². The highest BCUT2D eigenvalue weighted by Gasteiger charge is 2.31. The second-order valence-electron chi connectivity index (χ2n) is 5.82. The summed E-state index contributed by atoms with van der Waals surface area (Å²) in [6, 6.07) is 16.2. The number of nitrogens with zero attached hydrogens (tertiary/aromatic N) is 1. The number of benzene rings is 2. The molecule has 0 radical (unpaired) electrons. The lowest BCUT2D eigenvalue weighted by atomic mass is 10.1. The summed E-state index contributed by atoms with van der Waals surface area (Å²) < 4.78 is 0. The molecule has 1 aliphatic heterocycles. The average Bonchev–Trinajstić information content (AvgIpc) is 3.02. The number of rotatable bonds is 4. The minimum absolute atomic E-state index is 0.0497. The van der Waals surface area contributed by atoms with Crippen LogP contribution < -0.4 is 0 Å². The number of amides is 1. The van der Waals surface area contributed by atoms with Crippen molar-refractivity contribution < 1.29 is 4.79 Å². The standard InChI is InChI=1S/C19H20ClNOS/c1-14-5-4-6-15(13-14)9-10-18(22)21-11-12-23-19(21)16-7-2-3-8-17(16)20/h2-8,13,19H,9-12H2,1H3. The lowest BCUT2D eigenvalue weighted by Crippen LogP contribution is -2.30. The molecule has 0 saturated carbocycles. The van der Waals surface area contributed by atoms with E-state index in [4.69, 9.17) is 11.6 Å². The number of thioether (sulfide) groups is 1. The molecule has 0 aromatic heterocycles. The molecule has 0 bridgehead atoms. The number of carbonyl (C=O) groups excluding carboxylic acids is 1. The Morgan fingerprint density at radius 2 is 2.09 bits per heavy atom. The quantitative estimate of drug-likeness (QED) is 0.789. The first-order valence-electron chi connectivity index (χ1n) is 7.86. The highest BCUT2D eigenvalue weighted by molar-refractivity contribution is 7.99. The molecule has 120 valence electrons. The largest absolute Gasteiger partial charge is 0.326 e. The van der Waals surface area contributed by atoms with Gasteiger partial charge in [0.05, 0.1) is 0 Å². The molecule has 1 amide bonds. The van der Waals surface area contributed by atoms with Gasteiger partial charge in [0.1, 0.15) is 5.37 Å². The molecule has 1 unspecified atom stereocenters. The molecular formula is C19H20ClNOS. The Bertz CT molecular complexity index is 703. The predicted molar refractivity (Wildman–Crippen MR) is 97.9 cm³/mol. The van der Waals surface area contributed by atoms with E-state index in [0.29, 0.717) is 6.42 Å². The topological polar surface area (TPSA) is 20.3 Å². The second-order valence-corrected chi connectivity index (χ2v) is 7.42. The molecule has 0 spiro atoms. The van der Waals surface area contributed by atoms with E-state index in [2.05, 4.69) is 25.1 Å². The molecule has 2 aromatic carbocycles. The van der Waals surface area contributed by atoms with Gasteiger partial charge in [-0.3, -0.25) is 4.79 Å². The van der Waals surface area contributed by atoms with E-state index < -0.39 is 0 Å². The van der Waals surface area contributed by atoms with Gasteiger partial charge in [0, 0.05) is 29.3 Å². The lowest BCUT2D eigenvalue weighted by molar-refractivity contribution is -0.131. The van der Waals surface area contributed by atoms with Crippen LogP contribution in [0.3, 0.4) is 0 Å². The SMILES string of the molecule is Cc1cccc(CCC(=O)N2CCSC2c2ccccc2Cl)c1. The molecule has 1 atom stereocenters. The molecule has 1 saturated heterocycles. The zero-order chi connectivity index (χ0) is 16.2. The molecule has 0 aliphatic carbocycles. The Hall–Kier alpha value is -1.45. The second kappa shape index (κ2) is 7.41. The Balaban J connectivity index is 1.68. The highest BCUT2D eigenvalue weighted by atomic mass is 35.5. The van der Waals surface area contributed by atoms with E-state index in [1.807, 2.05) is 35.2 Å². The Morgan fingerprint density at radius 3 is 2.87 bits per heavy atom. The molecule has 4 heteroatoms. The van der Waals surface area contributed by atoms with Crippen molar-refractivity contribution in [3.63, 3.8) is 0 Å². The maximum absolute atomic E-state index is 12.7. The van der Waals surface area contributed by atoms with Gasteiger partial charge in [-0.2, -0.15) is 0 Å². The van der Waals surface area contributed by atoms with Gasteiger partial charge in [-0.25, -0.2) is 0 Å². The van der Waals surface area contributed by atoms with Crippen molar-refractivity contribution in [1.82, 2.24) is 4.90 Å². The fourth-order valence-corrected chi connectivity index (χ4v) is 4.54. The normalized spacial score (nSPS) is 17.5. The van der Waals surface area contributed by atoms with Crippen LogP contribution in [0.1, 0.15) is 28.5 Å². The van der Waals surface area contributed by atoms with Crippen molar-refractivity contribution in [1.29, 1.82) is 0 Å². The third kappa shape index (κ3) is 3.91. The van der Waals surface area contributed by atoms with Crippen molar-refractivity contribution in [3.8, 4) is 0 Å². The van der Waals surface area contributed by atoms with Crippen LogP contribution >= 0.6 is 23.4 Å². The summed E-state index contributed by atoms with van der Waals surface area (Å²) in [6.45, 7) is 2.88. The monoisotopic (exact) mass is 345 g/mol. The zero-order valence-corrected chi connectivity index (χ0v) is 14.7. The maximum Gasteiger partial charge on any atom is 0.224 e. The van der Waals surface area contributed by atoms with Crippen LogP contribution in [0.2, 0.25) is 5.02 Å². The van der Waals surface area contributed by atoms with Gasteiger partial charge < -0.3 is 4.90 Å². The van der Waals surface area contributed by atoms with Gasteiger partial charge in [0.15, 0.2) is 0 Å². The van der Waals surface area contributed by atoms with E-state index in [1.54, 1.807) is 11.8 Å². The van der Waals surface area contributed by atoms with Crippen molar-refractivity contribution >= 4 is 29.3 Å². The van der Waals surface area contributed by atoms with Crippen LogP contribution in [0, 0.1) is 6.92 Å². The summed E-state index contributed by atoms with van der Waals surface area (Å²) in [6.07, 6.45) is 1.34. The van der Waals surface area contributed by atoms with Crippen LogP contribution in [0.25, 0.3) is 0 Å². The molecule has 1 aliphatic rings. The Kier molecular flexibility index (Phi) is 5.29. The van der Waals surface area contributed by atoms with Crippen molar-refractivity contribution in [2.45, 2.75) is 25.1 Å². The fraction of sp³-hybridized carbons (Fsp3) is 0.316. The first-order chi connectivity index (χ1) is 11.1. The number of hydrogen-bond acceptors (Lipinski definition) is 2. The third-order valence-electron chi connectivity index (χ3n) is 4.09. The highest BCUT2D eigenvalue weighted by Crippen LogP contribution is 2.41. The van der Waals surface area contributed by atoms with Gasteiger partial charge in [-0.15, -0.1) is 11.8 Å². The first kappa shape index (κ1) is 16.4. The van der Waals surface area contributed by atoms with Crippen LogP contribution in [0.5, 0.6) is 0 Å². The molecule has 23 heavy (non-hydrogen) atoms. The summed E-state index contributed by atoms with van der Waals surface area (Å²) in [4.78, 5) is 14.6. The van der Waals surface area contributed by atoms with Gasteiger partial charge in [0.25, 0.3) is 0 Å². The molecule has 0 N–H and O–H groups in total. The minimum Gasteiger partial charge on any atom is -0.326 e. The van der Waals surface area contributed by atoms with E-state index in [9.17, 15) is 4.79 Å². The van der Waals surface area contributed by atoms with E-state index in [1.165, 1.54) is 11.1 Å². The molecule has 1 heterocycles. The fourth-order valence-electron chi connectivity index (χ4n) is 2.92. The van der Waals surface area contributed by atoms with Gasteiger partial charge >= 0.3 is 0 Å². The lowest BCUT2D eigenvalue weighted by Gasteiger charge is -2.25. The Labute approximate surface area is 146 Å². The van der Waals surface area contributed by atoms with Crippen LogP contribution in [-0.4, -0.2) is 23.1 Å². The summed E-state index contributed by atoms with van der Waals surface area (Å²) in [5.74, 6) is 1.17. The number of aryl methyl sites for hydroxylation is 2. The van der Waals surface area contributed by atoms with Gasteiger partial charge in [-0.1, -0.05) is 59.6 Å². The van der Waals surface area contributed by atoms with E-state index in [-0.39, 0.29) is 11.3 Å². The van der Waals surface area contributed by atoms with Crippen molar-refractivity contribution in [3.05, 3.63) is 70.2 Å². The number of halogens is 1. The number of carbonyl (C=O) groups is 1. The predicted octanol–water partition coefficient (Wildman–Crippen LogP) is 4.86. The maximum atomic E-state index is 12.7. The van der Waals surface area contributed by atoms with Crippen LogP contribution in [0.15, 0.2) is 48.5 Å². The summed E-state index contributed by atoms with van der Waals surface area (Å²) in [5.41, 5.74) is 3.50. The molecule has 2 aromatic rings. The third-order valence-corrected chi connectivity index (χ3v) is 5.68. The molecule has 1 fully saturated rings. The minimum atomic E-state index is 0.0497. The van der Waals surface area contributed by atoms with Gasteiger partial charge in [0.2, 0.25) is 5.91 Å². The summed E-state index contributed by atoms with van der Waals surface area (Å²) in [5, 5.41) is 0.789. The smallest absolute Gasteiger partial charge is 0.224 e. The van der Waals surface area contributed by atoms with Crippen LogP contribution in [0.4, 0.5) is 0 Å². The molecule has 2 nitrogen and oxygen atoms in total. The van der Waals surface area contributed by atoms with E-state index >= 15 is 0 Å². The van der Waals surface area contributed by atoms with Crippen molar-refractivity contribution in [2.75, 3.05) is 12.3 Å². The zero-order valence-electron chi connectivity index (χ0n) is 13.2.